The Hall–Kier alpha value is -3.43. The van der Waals surface area contributed by atoms with E-state index in [2.05, 4.69) is 15.6 Å². The number of hydrogen-bond donors (Lipinski definition) is 2. The molecular formula is C18H13Cl2N5O4. The summed E-state index contributed by atoms with van der Waals surface area (Å²) in [5.74, 6) is -0.801. The fourth-order valence-corrected chi connectivity index (χ4v) is 2.84. The molecule has 0 aliphatic heterocycles. The number of phenols is 1. The maximum absolute atomic E-state index is 12.2. The summed E-state index contributed by atoms with van der Waals surface area (Å²) >= 11 is 12.0. The summed E-state index contributed by atoms with van der Waals surface area (Å²) in [5, 5.41) is 29.4. The molecule has 11 heteroatoms. The topological polar surface area (TPSA) is 123 Å². The molecule has 0 atom stereocenters. The van der Waals surface area contributed by atoms with Crippen LogP contribution in [0.3, 0.4) is 0 Å². The van der Waals surface area contributed by atoms with E-state index in [1.54, 1.807) is 24.4 Å². The van der Waals surface area contributed by atoms with Crippen molar-refractivity contribution in [3.8, 4) is 5.75 Å². The first-order chi connectivity index (χ1) is 13.8. The minimum absolute atomic E-state index is 0.0856. The van der Waals surface area contributed by atoms with Crippen LogP contribution in [0.4, 0.5) is 5.69 Å². The van der Waals surface area contributed by atoms with E-state index in [0.29, 0.717) is 16.6 Å². The number of rotatable bonds is 6. The van der Waals surface area contributed by atoms with E-state index in [-0.39, 0.29) is 22.7 Å². The molecule has 1 heterocycles. The lowest BCUT2D eigenvalue weighted by Gasteiger charge is -2.05. The second-order valence-corrected chi connectivity index (χ2v) is 6.68. The molecule has 3 aromatic rings. The number of nitrogens with zero attached hydrogens (tertiary/aromatic N) is 4. The Kier molecular flexibility index (Phi) is 6.10. The van der Waals surface area contributed by atoms with Gasteiger partial charge in [0.15, 0.2) is 5.69 Å². The molecule has 0 radical (unpaired) electrons. The fourth-order valence-electron chi connectivity index (χ4n) is 2.37. The lowest BCUT2D eigenvalue weighted by molar-refractivity contribution is -0.384. The third-order valence-corrected chi connectivity index (χ3v) is 4.40. The van der Waals surface area contributed by atoms with Gasteiger partial charge in [-0.25, -0.2) is 5.43 Å². The van der Waals surface area contributed by atoms with Gasteiger partial charge in [0.2, 0.25) is 0 Å². The number of amides is 1. The van der Waals surface area contributed by atoms with Gasteiger partial charge in [0.25, 0.3) is 11.6 Å². The first kappa shape index (κ1) is 20.3. The van der Waals surface area contributed by atoms with Gasteiger partial charge in [0, 0.05) is 33.9 Å². The standard InChI is InChI=1S/C18H13Cl2N5O4/c19-13-2-1-11(15(20)8-13)10-24-6-5-16(23-24)18(27)22-21-9-12-7-14(25(28)29)3-4-17(12)26/h1-9,26H,10H2,(H,22,27)/b21-9-. The molecule has 148 valence electrons. The zero-order valence-electron chi connectivity index (χ0n) is 14.6. The first-order valence-electron chi connectivity index (χ1n) is 8.11. The molecule has 0 spiro atoms. The summed E-state index contributed by atoms with van der Waals surface area (Å²) in [6, 6.07) is 10.1. The summed E-state index contributed by atoms with van der Waals surface area (Å²) in [4.78, 5) is 22.3. The van der Waals surface area contributed by atoms with Gasteiger partial charge in [-0.15, -0.1) is 0 Å². The number of aromatic hydroxyl groups is 1. The number of benzene rings is 2. The molecule has 2 aromatic carbocycles. The van der Waals surface area contributed by atoms with E-state index in [1.165, 1.54) is 16.8 Å². The third kappa shape index (κ3) is 5.09. The van der Waals surface area contributed by atoms with Gasteiger partial charge in [-0.3, -0.25) is 19.6 Å². The molecule has 3 rings (SSSR count). The summed E-state index contributed by atoms with van der Waals surface area (Å²) in [5.41, 5.74) is 3.01. The maximum Gasteiger partial charge on any atom is 0.291 e. The van der Waals surface area contributed by atoms with E-state index < -0.39 is 10.8 Å². The highest BCUT2D eigenvalue weighted by molar-refractivity contribution is 6.35. The number of non-ortho nitro benzene ring substituents is 1. The molecule has 29 heavy (non-hydrogen) atoms. The Morgan fingerprint density at radius 3 is 2.79 bits per heavy atom. The van der Waals surface area contributed by atoms with Crippen molar-refractivity contribution in [3.05, 3.63) is 85.6 Å². The van der Waals surface area contributed by atoms with Crippen molar-refractivity contribution in [1.29, 1.82) is 0 Å². The lowest BCUT2D eigenvalue weighted by atomic mass is 10.2. The molecule has 0 aliphatic rings. The fraction of sp³-hybridized carbons (Fsp3) is 0.0556. The predicted octanol–water partition coefficient (Wildman–Crippen LogP) is 3.62. The first-order valence-corrected chi connectivity index (χ1v) is 8.87. The van der Waals surface area contributed by atoms with E-state index >= 15 is 0 Å². The molecule has 2 N–H and O–H groups in total. The molecule has 0 fully saturated rings. The van der Waals surface area contributed by atoms with Crippen LogP contribution in [0.25, 0.3) is 0 Å². The number of nitro groups is 1. The summed E-state index contributed by atoms with van der Waals surface area (Å²) in [7, 11) is 0. The van der Waals surface area contributed by atoms with Gasteiger partial charge in [0.1, 0.15) is 5.75 Å². The lowest BCUT2D eigenvalue weighted by Crippen LogP contribution is -2.18. The highest BCUT2D eigenvalue weighted by Crippen LogP contribution is 2.22. The van der Waals surface area contributed by atoms with Crippen molar-refractivity contribution in [2.24, 2.45) is 5.10 Å². The van der Waals surface area contributed by atoms with Crippen LogP contribution in [0.15, 0.2) is 53.8 Å². The summed E-state index contributed by atoms with van der Waals surface area (Å²) < 4.78 is 1.53. The van der Waals surface area contributed by atoms with Crippen LogP contribution in [0.5, 0.6) is 5.75 Å². The smallest absolute Gasteiger partial charge is 0.291 e. The zero-order valence-corrected chi connectivity index (χ0v) is 16.1. The van der Waals surface area contributed by atoms with E-state index in [9.17, 15) is 20.0 Å². The Labute approximate surface area is 174 Å². The highest BCUT2D eigenvalue weighted by Gasteiger charge is 2.11. The van der Waals surface area contributed by atoms with E-state index in [0.717, 1.165) is 23.9 Å². The average Bonchev–Trinajstić information content (AvgIpc) is 3.14. The normalized spacial score (nSPS) is 11.0. The minimum atomic E-state index is -0.602. The number of hydrazone groups is 1. The number of carbonyl (C=O) groups is 1. The van der Waals surface area contributed by atoms with Crippen LogP contribution < -0.4 is 5.43 Å². The highest BCUT2D eigenvalue weighted by atomic mass is 35.5. The summed E-state index contributed by atoms with van der Waals surface area (Å²) in [6.07, 6.45) is 2.71. The zero-order chi connectivity index (χ0) is 21.0. The van der Waals surface area contributed by atoms with Gasteiger partial charge in [-0.1, -0.05) is 29.3 Å². The number of carbonyl (C=O) groups excluding carboxylic acids is 1. The van der Waals surface area contributed by atoms with Crippen LogP contribution in [0, 0.1) is 10.1 Å². The van der Waals surface area contributed by atoms with Gasteiger partial charge in [-0.2, -0.15) is 10.2 Å². The number of halogens is 2. The van der Waals surface area contributed by atoms with E-state index in [4.69, 9.17) is 23.2 Å². The van der Waals surface area contributed by atoms with Crippen LogP contribution in [-0.2, 0) is 6.54 Å². The Morgan fingerprint density at radius 2 is 2.07 bits per heavy atom. The van der Waals surface area contributed by atoms with Crippen LogP contribution in [-0.4, -0.2) is 31.9 Å². The Bertz CT molecular complexity index is 1110. The van der Waals surface area contributed by atoms with Crippen LogP contribution in [0.1, 0.15) is 21.6 Å². The predicted molar refractivity (Wildman–Crippen MR) is 108 cm³/mol. The molecule has 0 unspecified atom stereocenters. The second kappa shape index (κ2) is 8.72. The molecular weight excluding hydrogens is 421 g/mol. The van der Waals surface area contributed by atoms with Crippen molar-refractivity contribution in [3.63, 3.8) is 0 Å². The molecule has 9 nitrogen and oxygen atoms in total. The second-order valence-electron chi connectivity index (χ2n) is 5.83. The number of nitro benzene ring substituents is 1. The number of nitrogens with one attached hydrogen (secondary N) is 1. The van der Waals surface area contributed by atoms with Crippen molar-refractivity contribution in [1.82, 2.24) is 15.2 Å². The van der Waals surface area contributed by atoms with Crippen molar-refractivity contribution >= 4 is 41.0 Å². The third-order valence-electron chi connectivity index (χ3n) is 3.81. The maximum atomic E-state index is 12.2. The van der Waals surface area contributed by atoms with Crippen LogP contribution >= 0.6 is 23.2 Å². The van der Waals surface area contributed by atoms with E-state index in [1.807, 2.05) is 0 Å². The number of phenolic OH excluding ortho intramolecular Hbond substituents is 1. The van der Waals surface area contributed by atoms with Crippen molar-refractivity contribution < 1.29 is 14.8 Å². The largest absolute Gasteiger partial charge is 0.507 e. The number of aromatic nitrogens is 2. The number of hydrogen-bond acceptors (Lipinski definition) is 6. The monoisotopic (exact) mass is 433 g/mol. The molecule has 0 saturated carbocycles. The average molecular weight is 434 g/mol. The molecule has 0 aliphatic carbocycles. The van der Waals surface area contributed by atoms with Gasteiger partial charge < -0.3 is 5.11 Å². The molecule has 0 saturated heterocycles. The van der Waals surface area contributed by atoms with Gasteiger partial charge in [-0.05, 0) is 29.8 Å². The van der Waals surface area contributed by atoms with Crippen molar-refractivity contribution in [2.75, 3.05) is 0 Å². The molecule has 1 aromatic heterocycles. The SMILES string of the molecule is O=C(N/N=C\c1cc([N+](=O)[O-])ccc1O)c1ccn(Cc2ccc(Cl)cc2Cl)n1. The quantitative estimate of drug-likeness (QED) is 0.349. The van der Waals surface area contributed by atoms with Crippen molar-refractivity contribution in [2.45, 2.75) is 6.54 Å². The molecule has 1 amide bonds. The molecule has 0 bridgehead atoms. The van der Waals surface area contributed by atoms with Gasteiger partial charge in [0.05, 0.1) is 17.7 Å². The minimum Gasteiger partial charge on any atom is -0.507 e. The van der Waals surface area contributed by atoms with Crippen LogP contribution in [0.2, 0.25) is 10.0 Å². The van der Waals surface area contributed by atoms with Gasteiger partial charge >= 0.3 is 0 Å². The Morgan fingerprint density at radius 1 is 1.28 bits per heavy atom. The Balaban J connectivity index is 1.65. The summed E-state index contributed by atoms with van der Waals surface area (Å²) in [6.45, 7) is 0.341.